The van der Waals surface area contributed by atoms with E-state index in [0.717, 1.165) is 18.1 Å². The fourth-order valence-electron chi connectivity index (χ4n) is 1.67. The number of aromatic nitrogens is 3. The zero-order valence-electron chi connectivity index (χ0n) is 10.3. The van der Waals surface area contributed by atoms with Crippen molar-refractivity contribution in [1.29, 1.82) is 0 Å². The van der Waals surface area contributed by atoms with Gasteiger partial charge in [-0.25, -0.2) is 4.98 Å². The summed E-state index contributed by atoms with van der Waals surface area (Å²) in [7, 11) is 0. The molecule has 2 N–H and O–H groups in total. The van der Waals surface area contributed by atoms with Gasteiger partial charge in [-0.15, -0.1) is 0 Å². The summed E-state index contributed by atoms with van der Waals surface area (Å²) in [5.74, 6) is 1.55. The molecule has 0 atom stereocenters. The van der Waals surface area contributed by atoms with E-state index in [1.807, 2.05) is 18.2 Å². The van der Waals surface area contributed by atoms with Crippen LogP contribution >= 0.6 is 0 Å². The van der Waals surface area contributed by atoms with Gasteiger partial charge >= 0.3 is 0 Å². The molecule has 2 rings (SSSR count). The molecule has 0 aliphatic carbocycles. The molecule has 1 amide bonds. The fraction of sp³-hybridized carbons (Fsp3) is 0.308. The molecule has 1 aromatic heterocycles. The Morgan fingerprint density at radius 1 is 1.33 bits per heavy atom. The molecule has 5 heteroatoms. The van der Waals surface area contributed by atoms with Gasteiger partial charge in [-0.2, -0.15) is 5.10 Å². The number of H-pyrrole nitrogens is 1. The first-order valence-electron chi connectivity index (χ1n) is 5.92. The number of nitrogens with zero attached hydrogens (tertiary/aromatic N) is 2. The first kappa shape index (κ1) is 12.3. The Balaban J connectivity index is 1.88. The SMILES string of the molecule is CC(=O)NCCc1n[nH]c(Cc2ccccc2)n1. The molecule has 1 aromatic carbocycles. The standard InChI is InChI=1S/C13H16N4O/c1-10(18)14-8-7-12-15-13(17-16-12)9-11-5-3-2-4-6-11/h2-6H,7-9H2,1H3,(H,14,18)(H,15,16,17). The number of benzene rings is 1. The molecule has 0 saturated carbocycles. The van der Waals surface area contributed by atoms with Crippen molar-refractivity contribution in [2.75, 3.05) is 6.54 Å². The smallest absolute Gasteiger partial charge is 0.216 e. The van der Waals surface area contributed by atoms with E-state index in [4.69, 9.17) is 0 Å². The summed E-state index contributed by atoms with van der Waals surface area (Å²) in [5, 5.41) is 9.76. The van der Waals surface area contributed by atoms with Crippen LogP contribution in [0.5, 0.6) is 0 Å². The predicted octanol–water partition coefficient (Wildman–Crippen LogP) is 1.07. The number of rotatable bonds is 5. The molecule has 0 aliphatic rings. The quantitative estimate of drug-likeness (QED) is 0.826. The van der Waals surface area contributed by atoms with Gasteiger partial charge in [0.15, 0.2) is 5.82 Å². The van der Waals surface area contributed by atoms with Crippen molar-refractivity contribution < 1.29 is 4.79 Å². The van der Waals surface area contributed by atoms with E-state index in [1.54, 1.807) is 0 Å². The molecule has 0 aliphatic heterocycles. The van der Waals surface area contributed by atoms with Crippen LogP contribution in [0, 0.1) is 0 Å². The van der Waals surface area contributed by atoms with Crippen LogP contribution in [0.1, 0.15) is 24.1 Å². The second-order valence-electron chi connectivity index (χ2n) is 4.09. The van der Waals surface area contributed by atoms with Gasteiger partial charge < -0.3 is 5.32 Å². The van der Waals surface area contributed by atoms with Crippen LogP contribution < -0.4 is 5.32 Å². The molecule has 0 radical (unpaired) electrons. The maximum atomic E-state index is 10.7. The number of nitrogens with one attached hydrogen (secondary N) is 2. The maximum absolute atomic E-state index is 10.7. The Kier molecular flexibility index (Phi) is 4.06. The number of hydrogen-bond donors (Lipinski definition) is 2. The zero-order valence-corrected chi connectivity index (χ0v) is 10.3. The number of carbonyl (C=O) groups excluding carboxylic acids is 1. The van der Waals surface area contributed by atoms with Crippen molar-refractivity contribution in [3.8, 4) is 0 Å². The molecular formula is C13H16N4O. The molecule has 0 fully saturated rings. The molecular weight excluding hydrogens is 228 g/mol. The lowest BCUT2D eigenvalue weighted by Gasteiger charge is -1.97. The van der Waals surface area contributed by atoms with Crippen LogP contribution in [-0.2, 0) is 17.6 Å². The molecule has 0 spiro atoms. The summed E-state index contributed by atoms with van der Waals surface area (Å²) < 4.78 is 0. The van der Waals surface area contributed by atoms with E-state index < -0.39 is 0 Å². The summed E-state index contributed by atoms with van der Waals surface area (Å²) in [5.41, 5.74) is 1.20. The van der Waals surface area contributed by atoms with Crippen LogP contribution in [0.4, 0.5) is 0 Å². The summed E-state index contributed by atoms with van der Waals surface area (Å²) in [4.78, 5) is 15.1. The van der Waals surface area contributed by atoms with E-state index >= 15 is 0 Å². The van der Waals surface area contributed by atoms with Crippen molar-refractivity contribution in [2.45, 2.75) is 19.8 Å². The molecule has 5 nitrogen and oxygen atoms in total. The molecule has 2 aromatic rings. The second-order valence-corrected chi connectivity index (χ2v) is 4.09. The average Bonchev–Trinajstić information content (AvgIpc) is 2.78. The highest BCUT2D eigenvalue weighted by Gasteiger charge is 2.04. The highest BCUT2D eigenvalue weighted by Crippen LogP contribution is 2.04. The van der Waals surface area contributed by atoms with Crippen LogP contribution in [-0.4, -0.2) is 27.6 Å². The highest BCUT2D eigenvalue weighted by atomic mass is 16.1. The zero-order chi connectivity index (χ0) is 12.8. The Morgan fingerprint density at radius 3 is 2.83 bits per heavy atom. The normalized spacial score (nSPS) is 10.3. The Bertz CT molecular complexity index is 507. The molecule has 94 valence electrons. The van der Waals surface area contributed by atoms with Gasteiger partial charge in [0.25, 0.3) is 0 Å². The topological polar surface area (TPSA) is 70.7 Å². The highest BCUT2D eigenvalue weighted by molar-refractivity contribution is 5.72. The van der Waals surface area contributed by atoms with Crippen LogP contribution in [0.2, 0.25) is 0 Å². The Labute approximate surface area is 106 Å². The Morgan fingerprint density at radius 2 is 2.11 bits per heavy atom. The Hall–Kier alpha value is -2.17. The lowest BCUT2D eigenvalue weighted by molar-refractivity contribution is -0.118. The maximum Gasteiger partial charge on any atom is 0.216 e. The van der Waals surface area contributed by atoms with Crippen molar-refractivity contribution in [2.24, 2.45) is 0 Å². The van der Waals surface area contributed by atoms with Crippen molar-refractivity contribution in [3.63, 3.8) is 0 Å². The lowest BCUT2D eigenvalue weighted by atomic mass is 10.1. The van der Waals surface area contributed by atoms with Crippen LogP contribution in [0.3, 0.4) is 0 Å². The van der Waals surface area contributed by atoms with Gasteiger partial charge in [0.05, 0.1) is 0 Å². The van der Waals surface area contributed by atoms with Gasteiger partial charge in [-0.05, 0) is 5.56 Å². The number of hydrogen-bond acceptors (Lipinski definition) is 3. The number of aromatic amines is 1. The largest absolute Gasteiger partial charge is 0.356 e. The number of carbonyl (C=O) groups is 1. The summed E-state index contributed by atoms with van der Waals surface area (Å²) in [6.45, 7) is 2.07. The fourth-order valence-corrected chi connectivity index (χ4v) is 1.67. The molecule has 18 heavy (non-hydrogen) atoms. The van der Waals surface area contributed by atoms with E-state index in [1.165, 1.54) is 12.5 Å². The molecule has 1 heterocycles. The molecule has 0 bridgehead atoms. The van der Waals surface area contributed by atoms with Crippen LogP contribution in [0.15, 0.2) is 30.3 Å². The lowest BCUT2D eigenvalue weighted by Crippen LogP contribution is -2.22. The van der Waals surface area contributed by atoms with E-state index in [0.29, 0.717) is 13.0 Å². The van der Waals surface area contributed by atoms with E-state index in [-0.39, 0.29) is 5.91 Å². The van der Waals surface area contributed by atoms with Crippen LogP contribution in [0.25, 0.3) is 0 Å². The van der Waals surface area contributed by atoms with Gasteiger partial charge in [0, 0.05) is 26.3 Å². The molecule has 0 saturated heterocycles. The minimum absolute atomic E-state index is 0.0324. The molecule has 0 unspecified atom stereocenters. The minimum atomic E-state index is -0.0324. The predicted molar refractivity (Wildman–Crippen MR) is 68.0 cm³/mol. The van der Waals surface area contributed by atoms with Crippen molar-refractivity contribution >= 4 is 5.91 Å². The first-order chi connectivity index (χ1) is 8.74. The first-order valence-corrected chi connectivity index (χ1v) is 5.92. The van der Waals surface area contributed by atoms with Crippen molar-refractivity contribution in [1.82, 2.24) is 20.5 Å². The van der Waals surface area contributed by atoms with Gasteiger partial charge in [-0.1, -0.05) is 30.3 Å². The average molecular weight is 244 g/mol. The van der Waals surface area contributed by atoms with Gasteiger partial charge in [-0.3, -0.25) is 9.89 Å². The van der Waals surface area contributed by atoms with E-state index in [2.05, 4.69) is 32.6 Å². The summed E-state index contributed by atoms with van der Waals surface area (Å²) in [6.07, 6.45) is 1.39. The van der Waals surface area contributed by atoms with Gasteiger partial charge in [0.1, 0.15) is 5.82 Å². The minimum Gasteiger partial charge on any atom is -0.356 e. The summed E-state index contributed by atoms with van der Waals surface area (Å²) in [6, 6.07) is 10.1. The van der Waals surface area contributed by atoms with Gasteiger partial charge in [0.2, 0.25) is 5.91 Å². The summed E-state index contributed by atoms with van der Waals surface area (Å²) >= 11 is 0. The van der Waals surface area contributed by atoms with Crippen molar-refractivity contribution in [3.05, 3.63) is 47.5 Å². The second kappa shape index (κ2) is 5.95. The third kappa shape index (κ3) is 3.69. The third-order valence-electron chi connectivity index (χ3n) is 2.51. The van der Waals surface area contributed by atoms with E-state index in [9.17, 15) is 4.79 Å². The number of amides is 1. The monoisotopic (exact) mass is 244 g/mol. The third-order valence-corrected chi connectivity index (χ3v) is 2.51.